The van der Waals surface area contributed by atoms with Gasteiger partial charge in [0.05, 0.1) is 10.6 Å². The molecule has 1 aromatic heterocycles. The smallest absolute Gasteiger partial charge is 0.258 e. The summed E-state index contributed by atoms with van der Waals surface area (Å²) in [5, 5.41) is 14.6. The van der Waals surface area contributed by atoms with Gasteiger partial charge in [0.2, 0.25) is 0 Å². The Labute approximate surface area is 139 Å². The van der Waals surface area contributed by atoms with Crippen LogP contribution in [0.15, 0.2) is 35.4 Å². The minimum atomic E-state index is -4.55. The number of non-ortho nitro benzene ring substituents is 1. The number of rotatable bonds is 6. The van der Waals surface area contributed by atoms with E-state index in [9.17, 15) is 23.3 Å². The minimum Gasteiger partial charge on any atom is -0.258 e. The molecule has 124 valence electrons. The fourth-order valence-electron chi connectivity index (χ4n) is 1.75. The highest BCUT2D eigenvalue weighted by Gasteiger charge is 2.35. The second-order valence-corrected chi connectivity index (χ2v) is 6.04. The van der Waals surface area contributed by atoms with Crippen LogP contribution in [0.4, 0.5) is 18.9 Å². The predicted octanol–water partition coefficient (Wildman–Crippen LogP) is 4.21. The van der Waals surface area contributed by atoms with Gasteiger partial charge in [0.15, 0.2) is 5.69 Å². The maximum Gasteiger partial charge on any atom is 0.435 e. The number of nitro benzene ring substituents is 1. The van der Waals surface area contributed by atoms with Gasteiger partial charge in [0.25, 0.3) is 5.69 Å². The van der Waals surface area contributed by atoms with Crippen molar-refractivity contribution in [1.29, 1.82) is 0 Å². The first-order valence-corrected chi connectivity index (χ1v) is 8.10. The van der Waals surface area contributed by atoms with Crippen LogP contribution in [-0.2, 0) is 6.18 Å². The molecule has 0 N–H and O–H groups in total. The van der Waals surface area contributed by atoms with Crippen molar-refractivity contribution in [2.24, 2.45) is 0 Å². The van der Waals surface area contributed by atoms with Crippen LogP contribution >= 0.6 is 24.4 Å². The van der Waals surface area contributed by atoms with E-state index in [-0.39, 0.29) is 5.69 Å². The molecule has 23 heavy (non-hydrogen) atoms. The Balaban J connectivity index is 2.37. The quantitative estimate of drug-likeness (QED) is 0.275. The Morgan fingerprint density at radius 3 is 2.48 bits per heavy atom. The van der Waals surface area contributed by atoms with Crippen LogP contribution in [0.3, 0.4) is 0 Å². The molecule has 2 rings (SSSR count). The van der Waals surface area contributed by atoms with Gasteiger partial charge in [-0.05, 0) is 24.3 Å². The lowest BCUT2D eigenvalue weighted by molar-refractivity contribution is -0.384. The number of nitro groups is 1. The van der Waals surface area contributed by atoms with E-state index in [4.69, 9.17) is 0 Å². The summed E-state index contributed by atoms with van der Waals surface area (Å²) >= 11 is 5.30. The van der Waals surface area contributed by atoms with Gasteiger partial charge < -0.3 is 0 Å². The molecule has 0 aliphatic rings. The molecule has 0 atom stereocenters. The molecule has 10 heteroatoms. The van der Waals surface area contributed by atoms with Gasteiger partial charge in [-0.15, -0.1) is 11.8 Å². The molecular formula is C13H12F3N3O2S2. The summed E-state index contributed by atoms with van der Waals surface area (Å²) in [6.07, 6.45) is -3.81. The molecule has 0 spiro atoms. The first-order chi connectivity index (χ1) is 10.8. The zero-order valence-electron chi connectivity index (χ0n) is 11.7. The van der Waals surface area contributed by atoms with Crippen LogP contribution in [0.1, 0.15) is 12.1 Å². The summed E-state index contributed by atoms with van der Waals surface area (Å²) in [5.74, 6) is 1.23. The number of benzene rings is 1. The van der Waals surface area contributed by atoms with E-state index < -0.39 is 16.8 Å². The fourth-order valence-corrected chi connectivity index (χ4v) is 3.08. The van der Waals surface area contributed by atoms with Crippen molar-refractivity contribution in [2.75, 3.05) is 11.5 Å². The molecule has 0 fully saturated rings. The van der Waals surface area contributed by atoms with Crippen molar-refractivity contribution in [3.05, 3.63) is 46.1 Å². The SMILES string of the molecule is O=[N+]([O-])c1ccc(-n2nc(C(F)(F)F)cc2SCCCS)cc1. The summed E-state index contributed by atoms with van der Waals surface area (Å²) in [6.45, 7) is 0. The van der Waals surface area contributed by atoms with E-state index in [0.717, 1.165) is 17.2 Å². The third-order valence-corrected chi connectivity index (χ3v) is 4.22. The second kappa shape index (κ2) is 7.26. The molecule has 5 nitrogen and oxygen atoms in total. The lowest BCUT2D eigenvalue weighted by atomic mass is 10.3. The van der Waals surface area contributed by atoms with Gasteiger partial charge >= 0.3 is 6.18 Å². The van der Waals surface area contributed by atoms with Crippen LogP contribution < -0.4 is 0 Å². The Bertz CT molecular complexity index is 687. The van der Waals surface area contributed by atoms with Crippen molar-refractivity contribution in [1.82, 2.24) is 9.78 Å². The van der Waals surface area contributed by atoms with Crippen molar-refractivity contribution in [3.63, 3.8) is 0 Å². The molecule has 0 saturated heterocycles. The number of thioether (sulfide) groups is 1. The van der Waals surface area contributed by atoms with E-state index in [1.807, 2.05) is 0 Å². The van der Waals surface area contributed by atoms with Gasteiger partial charge in [-0.1, -0.05) is 0 Å². The molecule has 0 aliphatic heterocycles. The third-order valence-electron chi connectivity index (χ3n) is 2.82. The first-order valence-electron chi connectivity index (χ1n) is 6.48. The van der Waals surface area contributed by atoms with E-state index >= 15 is 0 Å². The summed E-state index contributed by atoms with van der Waals surface area (Å²) in [5.41, 5.74) is -0.801. The normalized spacial score (nSPS) is 11.7. The molecule has 2 aromatic rings. The predicted molar refractivity (Wildman–Crippen MR) is 84.4 cm³/mol. The Morgan fingerprint density at radius 1 is 1.30 bits per heavy atom. The summed E-state index contributed by atoms with van der Waals surface area (Å²) in [7, 11) is 0. The van der Waals surface area contributed by atoms with Crippen LogP contribution in [-0.4, -0.2) is 26.2 Å². The molecule has 0 radical (unpaired) electrons. The topological polar surface area (TPSA) is 61.0 Å². The molecule has 1 aromatic carbocycles. The standard InChI is InChI=1S/C13H12F3N3O2S2/c14-13(15,16)11-8-12(23-7-1-6-22)18(17-11)9-2-4-10(5-3-9)19(20)21/h2-5,8,22H,1,6-7H2. The second-order valence-electron chi connectivity index (χ2n) is 4.48. The maximum absolute atomic E-state index is 12.9. The summed E-state index contributed by atoms with van der Waals surface area (Å²) in [4.78, 5) is 10.1. The molecule has 0 saturated carbocycles. The van der Waals surface area contributed by atoms with E-state index in [2.05, 4.69) is 17.7 Å². The number of thiol groups is 1. The molecule has 0 amide bonds. The monoisotopic (exact) mass is 363 g/mol. The Hall–Kier alpha value is -1.68. The van der Waals surface area contributed by atoms with Gasteiger partial charge in [-0.2, -0.15) is 30.9 Å². The largest absolute Gasteiger partial charge is 0.435 e. The minimum absolute atomic E-state index is 0.138. The van der Waals surface area contributed by atoms with Crippen LogP contribution in [0, 0.1) is 10.1 Å². The van der Waals surface area contributed by atoms with Gasteiger partial charge in [0, 0.05) is 24.0 Å². The van der Waals surface area contributed by atoms with Crippen molar-refractivity contribution >= 4 is 30.1 Å². The first kappa shape index (κ1) is 17.7. The number of alkyl halides is 3. The van der Waals surface area contributed by atoms with Crippen molar-refractivity contribution in [3.8, 4) is 5.69 Å². The highest BCUT2D eigenvalue weighted by atomic mass is 32.2. The molecule has 0 aliphatic carbocycles. The van der Waals surface area contributed by atoms with E-state index in [0.29, 0.717) is 22.2 Å². The van der Waals surface area contributed by atoms with Gasteiger partial charge in [-0.25, -0.2) is 4.68 Å². The van der Waals surface area contributed by atoms with Gasteiger partial charge in [-0.3, -0.25) is 10.1 Å². The third kappa shape index (κ3) is 4.41. The Kier molecular flexibility index (Phi) is 5.58. The molecular weight excluding hydrogens is 351 g/mol. The van der Waals surface area contributed by atoms with Crippen LogP contribution in [0.5, 0.6) is 0 Å². The Morgan fingerprint density at radius 2 is 1.96 bits per heavy atom. The number of aromatic nitrogens is 2. The van der Waals surface area contributed by atoms with Crippen molar-refractivity contribution in [2.45, 2.75) is 17.6 Å². The van der Waals surface area contributed by atoms with Gasteiger partial charge in [0.1, 0.15) is 5.03 Å². The molecule has 1 heterocycles. The number of nitrogens with zero attached hydrogens (tertiary/aromatic N) is 3. The fraction of sp³-hybridized carbons (Fsp3) is 0.308. The van der Waals surface area contributed by atoms with Crippen LogP contribution in [0.25, 0.3) is 5.69 Å². The lowest BCUT2D eigenvalue weighted by Crippen LogP contribution is -2.07. The van der Waals surface area contributed by atoms with E-state index in [1.54, 1.807) is 0 Å². The summed E-state index contributed by atoms with van der Waals surface area (Å²) in [6, 6.07) is 6.17. The van der Waals surface area contributed by atoms with Crippen LogP contribution in [0.2, 0.25) is 0 Å². The highest BCUT2D eigenvalue weighted by Crippen LogP contribution is 2.33. The molecule has 0 bridgehead atoms. The average Bonchev–Trinajstić information content (AvgIpc) is 2.92. The summed E-state index contributed by atoms with van der Waals surface area (Å²) < 4.78 is 39.8. The lowest BCUT2D eigenvalue weighted by Gasteiger charge is -2.06. The number of halogens is 3. The number of hydrogen-bond donors (Lipinski definition) is 1. The highest BCUT2D eigenvalue weighted by molar-refractivity contribution is 7.99. The van der Waals surface area contributed by atoms with Crippen molar-refractivity contribution < 1.29 is 18.1 Å². The van der Waals surface area contributed by atoms with E-state index in [1.165, 1.54) is 36.0 Å². The zero-order chi connectivity index (χ0) is 17.0. The molecule has 0 unspecified atom stereocenters. The number of hydrogen-bond acceptors (Lipinski definition) is 5. The zero-order valence-corrected chi connectivity index (χ0v) is 13.4. The maximum atomic E-state index is 12.9. The average molecular weight is 363 g/mol.